The van der Waals surface area contributed by atoms with Gasteiger partial charge in [0.2, 0.25) is 0 Å². The predicted molar refractivity (Wildman–Crippen MR) is 97.1 cm³/mol. The Kier molecular flexibility index (Phi) is 6.06. The number of para-hydroxylation sites is 1. The lowest BCUT2D eigenvalue weighted by molar-refractivity contribution is 0.0187. The van der Waals surface area contributed by atoms with Crippen LogP contribution in [0.1, 0.15) is 33.6 Å². The normalized spacial score (nSPS) is 16.8. The SMILES string of the molecule is CC(C)(C)OC(=O)N1CCC(CN=C(N)Nc2ccccc2)CC1. The van der Waals surface area contributed by atoms with E-state index in [9.17, 15) is 4.79 Å². The van der Waals surface area contributed by atoms with Gasteiger partial charge in [-0.2, -0.15) is 0 Å². The summed E-state index contributed by atoms with van der Waals surface area (Å²) in [6, 6.07) is 9.74. The van der Waals surface area contributed by atoms with Crippen LogP contribution < -0.4 is 11.1 Å². The molecular formula is C18H28N4O2. The molecule has 1 aromatic rings. The molecule has 6 heteroatoms. The van der Waals surface area contributed by atoms with Gasteiger partial charge in [-0.05, 0) is 51.7 Å². The number of benzene rings is 1. The number of piperidine rings is 1. The van der Waals surface area contributed by atoms with E-state index in [0.29, 0.717) is 31.5 Å². The topological polar surface area (TPSA) is 80.0 Å². The maximum Gasteiger partial charge on any atom is 0.410 e. The van der Waals surface area contributed by atoms with E-state index in [-0.39, 0.29) is 6.09 Å². The van der Waals surface area contributed by atoms with Crippen LogP contribution in [0.4, 0.5) is 10.5 Å². The molecule has 3 N–H and O–H groups in total. The van der Waals surface area contributed by atoms with Crippen molar-refractivity contribution in [2.24, 2.45) is 16.6 Å². The van der Waals surface area contributed by atoms with Crippen molar-refractivity contribution in [2.75, 3.05) is 25.0 Å². The third-order valence-electron chi connectivity index (χ3n) is 3.83. The number of aliphatic imine (C=N–C) groups is 1. The van der Waals surface area contributed by atoms with Crippen LogP contribution in [-0.2, 0) is 4.74 Å². The monoisotopic (exact) mass is 332 g/mol. The number of hydrogen-bond donors (Lipinski definition) is 2. The summed E-state index contributed by atoms with van der Waals surface area (Å²) >= 11 is 0. The number of nitrogens with one attached hydrogen (secondary N) is 1. The van der Waals surface area contributed by atoms with Crippen molar-refractivity contribution in [3.05, 3.63) is 30.3 Å². The molecule has 24 heavy (non-hydrogen) atoms. The summed E-state index contributed by atoms with van der Waals surface area (Å²) in [5, 5.41) is 3.08. The van der Waals surface area contributed by atoms with E-state index in [1.807, 2.05) is 51.1 Å². The predicted octanol–water partition coefficient (Wildman–Crippen LogP) is 3.06. The summed E-state index contributed by atoms with van der Waals surface area (Å²) in [6.07, 6.45) is 1.61. The zero-order valence-electron chi connectivity index (χ0n) is 14.8. The molecule has 1 heterocycles. The lowest BCUT2D eigenvalue weighted by Gasteiger charge is -2.33. The van der Waals surface area contributed by atoms with E-state index in [0.717, 1.165) is 18.5 Å². The van der Waals surface area contributed by atoms with Gasteiger partial charge in [0.15, 0.2) is 5.96 Å². The summed E-state index contributed by atoms with van der Waals surface area (Å²) in [5.74, 6) is 0.871. The van der Waals surface area contributed by atoms with Crippen LogP contribution in [0.3, 0.4) is 0 Å². The minimum atomic E-state index is -0.449. The van der Waals surface area contributed by atoms with Crippen molar-refractivity contribution in [3.63, 3.8) is 0 Å². The van der Waals surface area contributed by atoms with Crippen LogP contribution in [0, 0.1) is 5.92 Å². The number of likely N-dealkylation sites (tertiary alicyclic amines) is 1. The zero-order valence-corrected chi connectivity index (χ0v) is 14.8. The van der Waals surface area contributed by atoms with E-state index >= 15 is 0 Å². The Labute approximate surface area is 144 Å². The molecule has 1 fully saturated rings. The Morgan fingerprint density at radius 2 is 1.92 bits per heavy atom. The first-order valence-electron chi connectivity index (χ1n) is 8.43. The molecule has 0 unspecified atom stereocenters. The highest BCUT2D eigenvalue weighted by molar-refractivity contribution is 5.92. The number of hydrogen-bond acceptors (Lipinski definition) is 3. The second kappa shape index (κ2) is 8.04. The van der Waals surface area contributed by atoms with Crippen LogP contribution in [0.5, 0.6) is 0 Å². The lowest BCUT2D eigenvalue weighted by Crippen LogP contribution is -2.42. The molecule has 0 aliphatic carbocycles. The second-order valence-electron chi connectivity index (χ2n) is 7.13. The van der Waals surface area contributed by atoms with Gasteiger partial charge in [0, 0.05) is 25.3 Å². The van der Waals surface area contributed by atoms with E-state index < -0.39 is 5.60 Å². The Morgan fingerprint density at radius 3 is 2.50 bits per heavy atom. The third kappa shape index (κ3) is 6.10. The highest BCUT2D eigenvalue weighted by atomic mass is 16.6. The Hall–Kier alpha value is -2.24. The number of carbonyl (C=O) groups is 1. The minimum absolute atomic E-state index is 0.227. The van der Waals surface area contributed by atoms with Crippen molar-refractivity contribution in [3.8, 4) is 0 Å². The number of ether oxygens (including phenoxy) is 1. The standard InChI is InChI=1S/C18H28N4O2/c1-18(2,3)24-17(23)22-11-9-14(10-12-22)13-20-16(19)21-15-7-5-4-6-8-15/h4-8,14H,9-13H2,1-3H3,(H3,19,20,21). The summed E-state index contributed by atoms with van der Waals surface area (Å²) in [5.41, 5.74) is 6.40. The molecule has 0 atom stereocenters. The number of rotatable bonds is 3. The Morgan fingerprint density at radius 1 is 1.29 bits per heavy atom. The summed E-state index contributed by atoms with van der Waals surface area (Å²) in [6.45, 7) is 7.74. The smallest absolute Gasteiger partial charge is 0.410 e. The quantitative estimate of drug-likeness (QED) is 0.658. The highest BCUT2D eigenvalue weighted by Crippen LogP contribution is 2.20. The average Bonchev–Trinajstić information content (AvgIpc) is 2.53. The van der Waals surface area contributed by atoms with Crippen LogP contribution in [-0.4, -0.2) is 42.2 Å². The van der Waals surface area contributed by atoms with Gasteiger partial charge in [0.25, 0.3) is 0 Å². The zero-order chi connectivity index (χ0) is 17.6. The van der Waals surface area contributed by atoms with Gasteiger partial charge < -0.3 is 20.7 Å². The molecule has 0 aromatic heterocycles. The molecule has 0 spiro atoms. The maximum absolute atomic E-state index is 12.0. The van der Waals surface area contributed by atoms with E-state index in [4.69, 9.17) is 10.5 Å². The third-order valence-corrected chi connectivity index (χ3v) is 3.83. The molecule has 1 saturated heterocycles. The van der Waals surface area contributed by atoms with E-state index in [2.05, 4.69) is 10.3 Å². The van der Waals surface area contributed by atoms with Crippen LogP contribution >= 0.6 is 0 Å². The highest BCUT2D eigenvalue weighted by Gasteiger charge is 2.26. The number of amides is 1. The maximum atomic E-state index is 12.0. The van der Waals surface area contributed by atoms with Gasteiger partial charge in [0.05, 0.1) is 0 Å². The number of carbonyl (C=O) groups excluding carboxylic acids is 1. The molecule has 1 aliphatic rings. The van der Waals surface area contributed by atoms with Gasteiger partial charge in [-0.1, -0.05) is 18.2 Å². The molecule has 1 aliphatic heterocycles. The fraction of sp³-hybridized carbons (Fsp3) is 0.556. The first-order valence-corrected chi connectivity index (χ1v) is 8.43. The number of guanidine groups is 1. The molecule has 0 bridgehead atoms. The summed E-state index contributed by atoms with van der Waals surface area (Å²) in [7, 11) is 0. The first-order chi connectivity index (χ1) is 11.3. The van der Waals surface area contributed by atoms with Crippen molar-refractivity contribution >= 4 is 17.7 Å². The van der Waals surface area contributed by atoms with Crippen LogP contribution in [0.15, 0.2) is 35.3 Å². The average molecular weight is 332 g/mol. The summed E-state index contributed by atoms with van der Waals surface area (Å²) < 4.78 is 5.41. The number of nitrogens with two attached hydrogens (primary N) is 1. The number of anilines is 1. The second-order valence-corrected chi connectivity index (χ2v) is 7.13. The summed E-state index contributed by atoms with van der Waals surface area (Å²) in [4.78, 5) is 18.2. The van der Waals surface area contributed by atoms with E-state index in [1.165, 1.54) is 0 Å². The molecular weight excluding hydrogens is 304 g/mol. The molecule has 0 radical (unpaired) electrons. The minimum Gasteiger partial charge on any atom is -0.444 e. The molecule has 2 rings (SSSR count). The van der Waals surface area contributed by atoms with Crippen LogP contribution in [0.2, 0.25) is 0 Å². The first kappa shape index (κ1) is 18.1. The fourth-order valence-corrected chi connectivity index (χ4v) is 2.56. The van der Waals surface area contributed by atoms with Gasteiger partial charge in [0.1, 0.15) is 5.60 Å². The van der Waals surface area contributed by atoms with Crippen molar-refractivity contribution in [1.29, 1.82) is 0 Å². The van der Waals surface area contributed by atoms with Gasteiger partial charge >= 0.3 is 6.09 Å². The van der Waals surface area contributed by atoms with Crippen molar-refractivity contribution in [2.45, 2.75) is 39.2 Å². The van der Waals surface area contributed by atoms with Gasteiger partial charge in [-0.15, -0.1) is 0 Å². The van der Waals surface area contributed by atoms with Gasteiger partial charge in [-0.25, -0.2) is 4.79 Å². The Balaban J connectivity index is 1.74. The van der Waals surface area contributed by atoms with Crippen molar-refractivity contribution < 1.29 is 9.53 Å². The molecule has 6 nitrogen and oxygen atoms in total. The Bertz CT molecular complexity index is 558. The number of nitrogens with zero attached hydrogens (tertiary/aromatic N) is 2. The molecule has 1 aromatic carbocycles. The van der Waals surface area contributed by atoms with E-state index in [1.54, 1.807) is 4.90 Å². The lowest BCUT2D eigenvalue weighted by atomic mass is 9.97. The largest absolute Gasteiger partial charge is 0.444 e. The molecule has 0 saturated carbocycles. The fourth-order valence-electron chi connectivity index (χ4n) is 2.56. The van der Waals surface area contributed by atoms with Crippen LogP contribution in [0.25, 0.3) is 0 Å². The molecule has 132 valence electrons. The van der Waals surface area contributed by atoms with Crippen molar-refractivity contribution in [1.82, 2.24) is 4.90 Å². The van der Waals surface area contributed by atoms with Gasteiger partial charge in [-0.3, -0.25) is 4.99 Å². The molecule has 1 amide bonds.